The minimum absolute atomic E-state index is 0.106. The summed E-state index contributed by atoms with van der Waals surface area (Å²) in [5.74, 6) is 0.795. The Morgan fingerprint density at radius 1 is 1.29 bits per heavy atom. The van der Waals surface area contributed by atoms with Crippen LogP contribution < -0.4 is 9.64 Å². The van der Waals surface area contributed by atoms with Gasteiger partial charge in [0.25, 0.3) is 0 Å². The van der Waals surface area contributed by atoms with Crippen LogP contribution >= 0.6 is 0 Å². The van der Waals surface area contributed by atoms with Crippen molar-refractivity contribution in [3.05, 3.63) is 23.8 Å². The number of amides is 1. The fourth-order valence-corrected chi connectivity index (χ4v) is 2.80. The highest BCUT2D eigenvalue weighted by Gasteiger charge is 2.26. The lowest BCUT2D eigenvalue weighted by molar-refractivity contribution is -0.122. The molecule has 0 bridgehead atoms. The highest BCUT2D eigenvalue weighted by atomic mass is 16.5. The molecule has 1 saturated heterocycles. The highest BCUT2D eigenvalue weighted by molar-refractivity contribution is 5.96. The molecule has 0 unspecified atom stereocenters. The van der Waals surface area contributed by atoms with Crippen LogP contribution in [0.3, 0.4) is 0 Å². The van der Waals surface area contributed by atoms with Crippen molar-refractivity contribution in [2.75, 3.05) is 44.9 Å². The zero-order chi connectivity index (χ0) is 14.8. The lowest BCUT2D eigenvalue weighted by atomic mass is 10.1. The van der Waals surface area contributed by atoms with Crippen LogP contribution in [0.5, 0.6) is 5.75 Å². The van der Waals surface area contributed by atoms with Gasteiger partial charge < -0.3 is 14.4 Å². The molecule has 0 aromatic heterocycles. The third kappa shape index (κ3) is 3.04. The second kappa shape index (κ2) is 6.03. The molecule has 5 heteroatoms. The Kier molecular flexibility index (Phi) is 4.12. The van der Waals surface area contributed by atoms with E-state index in [1.54, 1.807) is 4.90 Å². The van der Waals surface area contributed by atoms with Crippen molar-refractivity contribution < 1.29 is 14.3 Å². The molecule has 5 nitrogen and oxygen atoms in total. The summed E-state index contributed by atoms with van der Waals surface area (Å²) in [4.78, 5) is 16.3. The highest BCUT2D eigenvalue weighted by Crippen LogP contribution is 2.33. The van der Waals surface area contributed by atoms with Crippen molar-refractivity contribution in [3.8, 4) is 5.75 Å². The minimum atomic E-state index is -0.106. The number of rotatable bonds is 2. The van der Waals surface area contributed by atoms with E-state index in [4.69, 9.17) is 9.47 Å². The maximum Gasteiger partial charge on any atom is 0.233 e. The van der Waals surface area contributed by atoms with Crippen LogP contribution in [0.1, 0.15) is 12.5 Å². The van der Waals surface area contributed by atoms with Crippen molar-refractivity contribution in [3.63, 3.8) is 0 Å². The first-order valence-electron chi connectivity index (χ1n) is 7.48. The maximum atomic E-state index is 12.2. The number of carbonyl (C=O) groups is 1. The molecule has 0 saturated carbocycles. The third-order valence-corrected chi connectivity index (χ3v) is 4.14. The van der Waals surface area contributed by atoms with Gasteiger partial charge in [-0.2, -0.15) is 0 Å². The second-order valence-electron chi connectivity index (χ2n) is 5.80. The number of anilines is 1. The van der Waals surface area contributed by atoms with E-state index in [1.807, 2.05) is 20.0 Å². The predicted molar refractivity (Wildman–Crippen MR) is 80.6 cm³/mol. The van der Waals surface area contributed by atoms with Gasteiger partial charge in [-0.25, -0.2) is 0 Å². The zero-order valence-electron chi connectivity index (χ0n) is 12.7. The molecule has 0 spiro atoms. The van der Waals surface area contributed by atoms with E-state index in [9.17, 15) is 4.79 Å². The van der Waals surface area contributed by atoms with Crippen LogP contribution in [-0.2, 0) is 16.1 Å². The van der Waals surface area contributed by atoms with Crippen molar-refractivity contribution in [1.29, 1.82) is 0 Å². The molecule has 1 aromatic carbocycles. The smallest absolute Gasteiger partial charge is 0.233 e. The van der Waals surface area contributed by atoms with Gasteiger partial charge >= 0.3 is 0 Å². The predicted octanol–water partition coefficient (Wildman–Crippen LogP) is 1.51. The number of fused-ring (bicyclic) bond motifs is 1. The van der Waals surface area contributed by atoms with Gasteiger partial charge in [-0.1, -0.05) is 13.0 Å². The van der Waals surface area contributed by atoms with E-state index >= 15 is 0 Å². The molecule has 2 aliphatic rings. The van der Waals surface area contributed by atoms with Gasteiger partial charge in [0.05, 0.1) is 31.4 Å². The Labute approximate surface area is 125 Å². The van der Waals surface area contributed by atoms with Crippen molar-refractivity contribution in [2.45, 2.75) is 13.5 Å². The van der Waals surface area contributed by atoms with E-state index in [1.165, 1.54) is 5.56 Å². The summed E-state index contributed by atoms with van der Waals surface area (Å²) in [6.45, 7) is 6.74. The van der Waals surface area contributed by atoms with Crippen LogP contribution in [-0.4, -0.2) is 50.8 Å². The van der Waals surface area contributed by atoms with Crippen LogP contribution in [0.25, 0.3) is 0 Å². The molecule has 2 heterocycles. The summed E-state index contributed by atoms with van der Waals surface area (Å²) in [5, 5.41) is 0. The average Bonchev–Trinajstić information content (AvgIpc) is 2.61. The van der Waals surface area contributed by atoms with Gasteiger partial charge in [-0.15, -0.1) is 0 Å². The van der Waals surface area contributed by atoms with Gasteiger partial charge in [0.2, 0.25) is 5.91 Å². The first-order valence-corrected chi connectivity index (χ1v) is 7.48. The fourth-order valence-electron chi connectivity index (χ4n) is 2.80. The quantitative estimate of drug-likeness (QED) is 0.828. The Hall–Kier alpha value is -1.59. The Morgan fingerprint density at radius 2 is 2.05 bits per heavy atom. The van der Waals surface area contributed by atoms with E-state index in [2.05, 4.69) is 17.0 Å². The second-order valence-corrected chi connectivity index (χ2v) is 5.80. The Bertz CT molecular complexity index is 526. The maximum absolute atomic E-state index is 12.2. The molecule has 0 aliphatic carbocycles. The molecular formula is C16H22N2O3. The standard InChI is InChI=1S/C16H22N2O3/c1-12-11-21-15-4-3-13(9-14(15)17(2)16(12)19)10-18-5-7-20-8-6-18/h3-4,9,12H,5-8,10-11H2,1-2H3/t12-/m0/s1. The van der Waals surface area contributed by atoms with E-state index in [0.29, 0.717) is 6.61 Å². The average molecular weight is 290 g/mol. The summed E-state index contributed by atoms with van der Waals surface area (Å²) >= 11 is 0. The number of hydrogen-bond acceptors (Lipinski definition) is 4. The molecular weight excluding hydrogens is 268 g/mol. The molecule has 0 radical (unpaired) electrons. The zero-order valence-corrected chi connectivity index (χ0v) is 12.7. The molecule has 2 aliphatic heterocycles. The first-order chi connectivity index (χ1) is 10.1. The molecule has 1 aromatic rings. The number of benzene rings is 1. The van der Waals surface area contributed by atoms with Crippen LogP contribution in [0.2, 0.25) is 0 Å². The SMILES string of the molecule is C[C@H]1COc2ccc(CN3CCOCC3)cc2N(C)C1=O. The number of carbonyl (C=O) groups excluding carboxylic acids is 1. The minimum Gasteiger partial charge on any atom is -0.491 e. The number of hydrogen-bond donors (Lipinski definition) is 0. The monoisotopic (exact) mass is 290 g/mol. The van der Waals surface area contributed by atoms with Crippen LogP contribution in [0.4, 0.5) is 5.69 Å². The summed E-state index contributed by atoms with van der Waals surface area (Å²) in [7, 11) is 1.82. The summed E-state index contributed by atoms with van der Waals surface area (Å²) in [6, 6.07) is 6.14. The van der Waals surface area contributed by atoms with Gasteiger partial charge in [-0.05, 0) is 17.7 Å². The van der Waals surface area contributed by atoms with Crippen molar-refractivity contribution in [1.82, 2.24) is 4.90 Å². The first kappa shape index (κ1) is 14.4. The van der Waals surface area contributed by atoms with E-state index in [-0.39, 0.29) is 11.8 Å². The normalized spacial score (nSPS) is 23.4. The molecule has 114 valence electrons. The van der Waals surface area contributed by atoms with Crippen LogP contribution in [0.15, 0.2) is 18.2 Å². The summed E-state index contributed by atoms with van der Waals surface area (Å²) in [5.41, 5.74) is 2.07. The molecule has 1 atom stereocenters. The van der Waals surface area contributed by atoms with Crippen LogP contribution in [0, 0.1) is 5.92 Å². The van der Waals surface area contributed by atoms with Crippen molar-refractivity contribution >= 4 is 11.6 Å². The lowest BCUT2D eigenvalue weighted by Crippen LogP contribution is -2.35. The van der Waals surface area contributed by atoms with Crippen molar-refractivity contribution in [2.24, 2.45) is 5.92 Å². The Morgan fingerprint density at radius 3 is 2.81 bits per heavy atom. The van der Waals surface area contributed by atoms with E-state index < -0.39 is 0 Å². The van der Waals surface area contributed by atoms with Gasteiger partial charge in [0, 0.05) is 26.7 Å². The molecule has 1 amide bonds. The van der Waals surface area contributed by atoms with Gasteiger partial charge in [0.15, 0.2) is 0 Å². The summed E-state index contributed by atoms with van der Waals surface area (Å²) in [6.07, 6.45) is 0. The third-order valence-electron chi connectivity index (χ3n) is 4.14. The van der Waals surface area contributed by atoms with E-state index in [0.717, 1.165) is 44.3 Å². The molecule has 0 N–H and O–H groups in total. The topological polar surface area (TPSA) is 42.0 Å². The lowest BCUT2D eigenvalue weighted by Gasteiger charge is -2.27. The molecule has 3 rings (SSSR count). The fraction of sp³-hybridized carbons (Fsp3) is 0.562. The molecule has 1 fully saturated rings. The summed E-state index contributed by atoms with van der Waals surface area (Å²) < 4.78 is 11.1. The Balaban J connectivity index is 1.81. The number of morpholine rings is 1. The number of nitrogens with zero attached hydrogens (tertiary/aromatic N) is 2. The van der Waals surface area contributed by atoms with Gasteiger partial charge in [0.1, 0.15) is 5.75 Å². The number of ether oxygens (including phenoxy) is 2. The van der Waals surface area contributed by atoms with Gasteiger partial charge in [-0.3, -0.25) is 9.69 Å². The molecule has 21 heavy (non-hydrogen) atoms. The largest absolute Gasteiger partial charge is 0.491 e.